The summed E-state index contributed by atoms with van der Waals surface area (Å²) in [7, 11) is 1.57. The summed E-state index contributed by atoms with van der Waals surface area (Å²) in [5.41, 5.74) is 2.48. The van der Waals surface area contributed by atoms with E-state index in [4.69, 9.17) is 9.47 Å². The highest BCUT2D eigenvalue weighted by atomic mass is 16.5. The SMILES string of the molecule is COc1ccc(OCC(=O)Nc2cc(C)nn2-c2nc3c(cnn3-c3ccc(C)cc3)c(=O)[nH]2)cc1. The van der Waals surface area contributed by atoms with Crippen LogP contribution in [0.4, 0.5) is 5.82 Å². The molecular weight excluding hydrogens is 462 g/mol. The summed E-state index contributed by atoms with van der Waals surface area (Å²) in [5, 5.41) is 11.8. The first kappa shape index (κ1) is 22.8. The van der Waals surface area contributed by atoms with E-state index in [0.717, 1.165) is 11.3 Å². The van der Waals surface area contributed by atoms with Gasteiger partial charge in [-0.05, 0) is 50.2 Å². The number of hydrogen-bond acceptors (Lipinski definition) is 7. The van der Waals surface area contributed by atoms with Crippen LogP contribution in [-0.4, -0.2) is 49.2 Å². The van der Waals surface area contributed by atoms with Gasteiger partial charge in [-0.1, -0.05) is 17.7 Å². The summed E-state index contributed by atoms with van der Waals surface area (Å²) in [6, 6.07) is 16.3. The van der Waals surface area contributed by atoms with Crippen molar-refractivity contribution in [3.05, 3.63) is 82.4 Å². The molecule has 0 radical (unpaired) electrons. The van der Waals surface area contributed by atoms with Gasteiger partial charge >= 0.3 is 0 Å². The lowest BCUT2D eigenvalue weighted by molar-refractivity contribution is -0.118. The molecule has 0 unspecified atom stereocenters. The Morgan fingerprint density at radius 2 is 1.75 bits per heavy atom. The second-order valence-corrected chi connectivity index (χ2v) is 8.11. The minimum absolute atomic E-state index is 0.140. The maximum Gasteiger partial charge on any atom is 0.263 e. The van der Waals surface area contributed by atoms with Crippen LogP contribution in [-0.2, 0) is 4.79 Å². The third-order valence-corrected chi connectivity index (χ3v) is 5.43. The third-order valence-electron chi connectivity index (χ3n) is 5.43. The maximum absolute atomic E-state index is 12.8. The summed E-state index contributed by atoms with van der Waals surface area (Å²) in [5.74, 6) is 1.28. The molecule has 182 valence electrons. The smallest absolute Gasteiger partial charge is 0.263 e. The number of amides is 1. The van der Waals surface area contributed by atoms with Crippen molar-refractivity contribution in [2.45, 2.75) is 13.8 Å². The average Bonchev–Trinajstić information content (AvgIpc) is 3.47. The Kier molecular flexibility index (Phi) is 5.95. The molecule has 36 heavy (non-hydrogen) atoms. The number of H-pyrrole nitrogens is 1. The van der Waals surface area contributed by atoms with E-state index in [1.54, 1.807) is 49.0 Å². The molecule has 0 saturated carbocycles. The zero-order valence-corrected chi connectivity index (χ0v) is 19.8. The third kappa shape index (κ3) is 4.53. The highest BCUT2D eigenvalue weighted by Gasteiger charge is 2.17. The molecule has 11 heteroatoms. The van der Waals surface area contributed by atoms with E-state index in [-0.39, 0.29) is 18.1 Å². The van der Waals surface area contributed by atoms with Crippen LogP contribution in [0.2, 0.25) is 0 Å². The van der Waals surface area contributed by atoms with Gasteiger partial charge in [0.2, 0.25) is 5.95 Å². The van der Waals surface area contributed by atoms with Gasteiger partial charge in [-0.3, -0.25) is 14.6 Å². The predicted octanol–water partition coefficient (Wildman–Crippen LogP) is 2.94. The highest BCUT2D eigenvalue weighted by Crippen LogP contribution is 2.19. The van der Waals surface area contributed by atoms with Gasteiger partial charge in [-0.2, -0.15) is 19.9 Å². The molecule has 0 spiro atoms. The Bertz CT molecular complexity index is 1600. The number of nitrogens with one attached hydrogen (secondary N) is 2. The van der Waals surface area contributed by atoms with Gasteiger partial charge in [-0.25, -0.2) is 4.68 Å². The Balaban J connectivity index is 1.42. The molecule has 5 rings (SSSR count). The van der Waals surface area contributed by atoms with Crippen LogP contribution in [0.5, 0.6) is 11.5 Å². The van der Waals surface area contributed by atoms with E-state index < -0.39 is 5.91 Å². The first-order valence-corrected chi connectivity index (χ1v) is 11.1. The molecule has 2 N–H and O–H groups in total. The first-order chi connectivity index (χ1) is 17.4. The van der Waals surface area contributed by atoms with Gasteiger partial charge in [-0.15, -0.1) is 0 Å². The lowest BCUT2D eigenvalue weighted by atomic mass is 10.2. The predicted molar refractivity (Wildman–Crippen MR) is 133 cm³/mol. The fourth-order valence-corrected chi connectivity index (χ4v) is 3.63. The second-order valence-electron chi connectivity index (χ2n) is 8.11. The largest absolute Gasteiger partial charge is 0.497 e. The van der Waals surface area contributed by atoms with Crippen molar-refractivity contribution in [2.75, 3.05) is 19.0 Å². The van der Waals surface area contributed by atoms with Gasteiger partial charge in [0.1, 0.15) is 22.7 Å². The van der Waals surface area contributed by atoms with Gasteiger partial charge in [0, 0.05) is 6.07 Å². The molecule has 0 saturated heterocycles. The minimum atomic E-state index is -0.403. The molecular formula is C25H23N7O4. The average molecular weight is 486 g/mol. The quantitative estimate of drug-likeness (QED) is 0.363. The van der Waals surface area contributed by atoms with Crippen LogP contribution in [0.25, 0.3) is 22.7 Å². The Labute approximate surface area is 205 Å². The normalized spacial score (nSPS) is 11.0. The minimum Gasteiger partial charge on any atom is -0.497 e. The van der Waals surface area contributed by atoms with E-state index in [0.29, 0.717) is 34.0 Å². The number of aromatic nitrogens is 6. The van der Waals surface area contributed by atoms with Gasteiger partial charge in [0.15, 0.2) is 12.3 Å². The number of fused-ring (bicyclic) bond motifs is 1. The maximum atomic E-state index is 12.8. The molecule has 0 fully saturated rings. The lowest BCUT2D eigenvalue weighted by Crippen LogP contribution is -2.23. The zero-order chi connectivity index (χ0) is 25.2. The lowest BCUT2D eigenvalue weighted by Gasteiger charge is -2.10. The first-order valence-electron chi connectivity index (χ1n) is 11.1. The number of carbonyl (C=O) groups is 1. The number of aromatic amines is 1. The van der Waals surface area contributed by atoms with E-state index in [1.165, 1.54) is 10.9 Å². The number of carbonyl (C=O) groups excluding carboxylic acids is 1. The van der Waals surface area contributed by atoms with Crippen LogP contribution in [0.15, 0.2) is 65.6 Å². The fraction of sp³-hybridized carbons (Fsp3) is 0.160. The van der Waals surface area contributed by atoms with E-state index in [2.05, 4.69) is 25.5 Å². The molecule has 0 aliphatic heterocycles. The number of rotatable bonds is 7. The number of benzene rings is 2. The van der Waals surface area contributed by atoms with E-state index in [9.17, 15) is 9.59 Å². The standard InChI is InChI=1S/C25H23N7O4/c1-15-4-6-17(7-5-15)31-23-20(13-26-31)24(34)29-25(28-23)32-21(12-16(2)30-32)27-22(33)14-36-19-10-8-18(35-3)9-11-19/h4-13H,14H2,1-3H3,(H,27,33)(H,28,29,34). The van der Waals surface area contributed by atoms with E-state index in [1.807, 2.05) is 31.2 Å². The number of anilines is 1. The topological polar surface area (TPSA) is 129 Å². The molecule has 0 atom stereocenters. The fourth-order valence-electron chi connectivity index (χ4n) is 3.63. The van der Waals surface area contributed by atoms with Crippen molar-refractivity contribution in [2.24, 2.45) is 0 Å². The zero-order valence-electron chi connectivity index (χ0n) is 19.8. The summed E-state index contributed by atoms with van der Waals surface area (Å²) in [6.07, 6.45) is 1.47. The number of aryl methyl sites for hydroxylation is 2. The molecule has 3 aromatic heterocycles. The molecule has 11 nitrogen and oxygen atoms in total. The van der Waals surface area contributed by atoms with Crippen LogP contribution in [0.3, 0.4) is 0 Å². The van der Waals surface area contributed by atoms with Gasteiger partial charge in [0.05, 0.1) is 24.7 Å². The molecule has 0 bridgehead atoms. The molecule has 5 aromatic rings. The number of methoxy groups -OCH3 is 1. The highest BCUT2D eigenvalue weighted by molar-refractivity contribution is 5.91. The second kappa shape index (κ2) is 9.37. The Hall–Kier alpha value is -4.93. The Morgan fingerprint density at radius 1 is 1.03 bits per heavy atom. The van der Waals surface area contributed by atoms with Crippen molar-refractivity contribution in [3.8, 4) is 23.1 Å². The van der Waals surface area contributed by atoms with Crippen LogP contribution < -0.4 is 20.3 Å². The van der Waals surface area contributed by atoms with Crippen molar-refractivity contribution in [1.82, 2.24) is 29.5 Å². The van der Waals surface area contributed by atoms with Crippen LogP contribution in [0.1, 0.15) is 11.3 Å². The number of nitrogens with zero attached hydrogens (tertiary/aromatic N) is 5. The van der Waals surface area contributed by atoms with Crippen molar-refractivity contribution in [3.63, 3.8) is 0 Å². The number of hydrogen-bond donors (Lipinski definition) is 2. The molecule has 0 aliphatic carbocycles. The van der Waals surface area contributed by atoms with E-state index >= 15 is 0 Å². The molecule has 3 heterocycles. The van der Waals surface area contributed by atoms with Gasteiger partial charge < -0.3 is 14.8 Å². The van der Waals surface area contributed by atoms with Crippen molar-refractivity contribution in [1.29, 1.82) is 0 Å². The van der Waals surface area contributed by atoms with Crippen LogP contribution >= 0.6 is 0 Å². The molecule has 0 aliphatic rings. The summed E-state index contributed by atoms with van der Waals surface area (Å²) in [4.78, 5) is 32.7. The van der Waals surface area contributed by atoms with Crippen molar-refractivity contribution < 1.29 is 14.3 Å². The Morgan fingerprint density at radius 3 is 2.47 bits per heavy atom. The van der Waals surface area contributed by atoms with Gasteiger partial charge in [0.25, 0.3) is 11.5 Å². The van der Waals surface area contributed by atoms with Crippen molar-refractivity contribution >= 4 is 22.8 Å². The molecule has 2 aromatic carbocycles. The van der Waals surface area contributed by atoms with Crippen LogP contribution in [0, 0.1) is 13.8 Å². The summed E-state index contributed by atoms with van der Waals surface area (Å²) >= 11 is 0. The molecule has 1 amide bonds. The summed E-state index contributed by atoms with van der Waals surface area (Å²) < 4.78 is 13.6. The monoisotopic (exact) mass is 485 g/mol. The number of ether oxygens (including phenoxy) is 2. The summed E-state index contributed by atoms with van der Waals surface area (Å²) in [6.45, 7) is 3.54.